The fourth-order valence-electron chi connectivity index (χ4n) is 1.40. The van der Waals surface area contributed by atoms with Crippen LogP contribution in [0.3, 0.4) is 0 Å². The van der Waals surface area contributed by atoms with Gasteiger partial charge in [0.2, 0.25) is 0 Å². The van der Waals surface area contributed by atoms with Crippen LogP contribution >= 0.6 is 0 Å². The first-order chi connectivity index (χ1) is 8.22. The molecule has 0 unspecified atom stereocenters. The lowest BCUT2D eigenvalue weighted by Crippen LogP contribution is -2.10. The van der Waals surface area contributed by atoms with Crippen LogP contribution in [-0.4, -0.2) is 39.3 Å². The van der Waals surface area contributed by atoms with Crippen molar-refractivity contribution in [2.24, 2.45) is 0 Å². The minimum Gasteiger partial charge on any atom is -0.381 e. The molecule has 0 saturated heterocycles. The molecule has 0 bridgehead atoms. The molecule has 1 aromatic carbocycles. The predicted octanol–water partition coefficient (Wildman–Crippen LogP) is 2.92. The maximum Gasteiger partial charge on any atom is 0.0646 e. The zero-order valence-corrected chi connectivity index (χ0v) is 10.9. The van der Waals surface area contributed by atoms with Crippen LogP contribution in [0.4, 0.5) is 0 Å². The first kappa shape index (κ1) is 13.7. The Balaban J connectivity index is 2.52. The van der Waals surface area contributed by atoms with Gasteiger partial charge >= 0.3 is 0 Å². The fraction of sp³-hybridized carbons (Fsp3) is 0.333. The molecule has 1 rings (SSSR count). The third-order valence-corrected chi connectivity index (χ3v) is 2.29. The Morgan fingerprint density at radius 3 is 2.00 bits per heavy atom. The van der Waals surface area contributed by atoms with Crippen molar-refractivity contribution in [3.8, 4) is 0 Å². The van der Waals surface area contributed by atoms with Crippen molar-refractivity contribution in [3.63, 3.8) is 0 Å². The molecule has 2 nitrogen and oxygen atoms in total. The van der Waals surface area contributed by atoms with E-state index < -0.39 is 0 Å². The average molecular weight is 231 g/mol. The summed E-state index contributed by atoms with van der Waals surface area (Å²) in [5.74, 6) is 0. The molecule has 0 saturated carbocycles. The zero-order valence-electron chi connectivity index (χ0n) is 10.9. The molecule has 0 aliphatic carbocycles. The molecule has 0 radical (unpaired) electrons. The topological polar surface area (TPSA) is 12.5 Å². The van der Waals surface area contributed by atoms with Gasteiger partial charge in [0.15, 0.2) is 0 Å². The minimum atomic E-state index is 0.657. The van der Waals surface area contributed by atoms with Crippen LogP contribution in [0.25, 0.3) is 12.2 Å². The second kappa shape index (κ2) is 7.82. The summed E-state index contributed by atoms with van der Waals surface area (Å²) in [6, 6.07) is 8.47. The van der Waals surface area contributed by atoms with E-state index >= 15 is 0 Å². The molecule has 17 heavy (non-hydrogen) atoms. The molecular formula is C15H21NO. The van der Waals surface area contributed by atoms with Gasteiger partial charge in [-0.2, -0.15) is 0 Å². The van der Waals surface area contributed by atoms with E-state index in [2.05, 4.69) is 61.5 Å². The van der Waals surface area contributed by atoms with Crippen molar-refractivity contribution in [2.45, 2.75) is 0 Å². The van der Waals surface area contributed by atoms with Crippen molar-refractivity contribution >= 4 is 12.2 Å². The number of likely N-dealkylation sites (N-methyl/N-ethyl adjacent to an activating group) is 1. The van der Waals surface area contributed by atoms with Crippen LogP contribution in [0, 0.1) is 0 Å². The summed E-state index contributed by atoms with van der Waals surface area (Å²) in [5.41, 5.74) is 2.43. The zero-order chi connectivity index (χ0) is 12.5. The lowest BCUT2D eigenvalue weighted by molar-refractivity contribution is 0.234. The highest BCUT2D eigenvalue weighted by atomic mass is 16.5. The summed E-state index contributed by atoms with van der Waals surface area (Å²) in [7, 11) is 5.82. The van der Waals surface area contributed by atoms with E-state index in [4.69, 9.17) is 4.74 Å². The SMILES string of the molecule is COC/C=C/c1ccc(/C=C/CN(C)C)cc1. The van der Waals surface area contributed by atoms with E-state index in [1.807, 2.05) is 6.08 Å². The van der Waals surface area contributed by atoms with Crippen LogP contribution in [-0.2, 0) is 4.74 Å². The van der Waals surface area contributed by atoms with Gasteiger partial charge in [-0.15, -0.1) is 0 Å². The molecule has 0 atom stereocenters. The number of methoxy groups -OCH3 is 1. The Kier molecular flexibility index (Phi) is 6.30. The van der Waals surface area contributed by atoms with Crippen molar-refractivity contribution in [2.75, 3.05) is 34.4 Å². The largest absolute Gasteiger partial charge is 0.381 e. The first-order valence-corrected chi connectivity index (χ1v) is 5.79. The molecule has 0 amide bonds. The second-order valence-corrected chi connectivity index (χ2v) is 4.19. The lowest BCUT2D eigenvalue weighted by Gasteiger charge is -2.03. The fourth-order valence-corrected chi connectivity index (χ4v) is 1.40. The van der Waals surface area contributed by atoms with Crippen molar-refractivity contribution in [1.29, 1.82) is 0 Å². The van der Waals surface area contributed by atoms with E-state index in [9.17, 15) is 0 Å². The van der Waals surface area contributed by atoms with Crippen molar-refractivity contribution < 1.29 is 4.74 Å². The molecule has 1 aromatic rings. The molecule has 0 heterocycles. The normalized spacial score (nSPS) is 12.0. The Hall–Kier alpha value is -1.38. The monoisotopic (exact) mass is 231 g/mol. The van der Waals surface area contributed by atoms with Gasteiger partial charge < -0.3 is 9.64 Å². The lowest BCUT2D eigenvalue weighted by atomic mass is 10.1. The molecule has 0 N–H and O–H groups in total. The first-order valence-electron chi connectivity index (χ1n) is 5.79. The summed E-state index contributed by atoms with van der Waals surface area (Å²) in [6.45, 7) is 1.62. The average Bonchev–Trinajstić information content (AvgIpc) is 2.31. The summed E-state index contributed by atoms with van der Waals surface area (Å²) in [4.78, 5) is 2.14. The Morgan fingerprint density at radius 2 is 1.53 bits per heavy atom. The van der Waals surface area contributed by atoms with E-state index in [0.29, 0.717) is 6.61 Å². The maximum atomic E-state index is 4.96. The van der Waals surface area contributed by atoms with Gasteiger partial charge in [0.1, 0.15) is 0 Å². The van der Waals surface area contributed by atoms with Gasteiger partial charge in [-0.1, -0.05) is 48.6 Å². The number of hydrogen-bond acceptors (Lipinski definition) is 2. The quantitative estimate of drug-likeness (QED) is 0.746. The van der Waals surface area contributed by atoms with Crippen LogP contribution in [0.15, 0.2) is 36.4 Å². The predicted molar refractivity (Wildman–Crippen MR) is 74.9 cm³/mol. The highest BCUT2D eigenvalue weighted by Gasteiger charge is 1.88. The molecule has 0 spiro atoms. The number of rotatable bonds is 6. The maximum absolute atomic E-state index is 4.96. The van der Waals surface area contributed by atoms with Crippen molar-refractivity contribution in [1.82, 2.24) is 4.90 Å². The van der Waals surface area contributed by atoms with Crippen LogP contribution in [0.5, 0.6) is 0 Å². The highest BCUT2D eigenvalue weighted by Crippen LogP contribution is 2.07. The van der Waals surface area contributed by atoms with Crippen LogP contribution in [0.2, 0.25) is 0 Å². The number of hydrogen-bond donors (Lipinski definition) is 0. The molecule has 92 valence electrons. The Morgan fingerprint density at radius 1 is 1.00 bits per heavy atom. The third-order valence-electron chi connectivity index (χ3n) is 2.29. The van der Waals surface area contributed by atoms with E-state index in [1.54, 1.807) is 7.11 Å². The van der Waals surface area contributed by atoms with E-state index in [0.717, 1.165) is 6.54 Å². The number of nitrogens with zero attached hydrogens (tertiary/aromatic N) is 1. The molecule has 2 heteroatoms. The van der Waals surface area contributed by atoms with Gasteiger partial charge in [0.25, 0.3) is 0 Å². The standard InChI is InChI=1S/C15H21NO/c1-16(2)12-4-6-14-8-10-15(11-9-14)7-5-13-17-3/h4-11H,12-13H2,1-3H3/b6-4+,7-5+. The minimum absolute atomic E-state index is 0.657. The Bertz CT molecular complexity index is 363. The highest BCUT2D eigenvalue weighted by molar-refractivity contribution is 5.55. The van der Waals surface area contributed by atoms with Crippen molar-refractivity contribution in [3.05, 3.63) is 47.5 Å². The second-order valence-electron chi connectivity index (χ2n) is 4.19. The molecule has 0 aromatic heterocycles. The smallest absolute Gasteiger partial charge is 0.0646 e. The molecule has 0 fully saturated rings. The summed E-state index contributed by atoms with van der Waals surface area (Å²) < 4.78 is 4.96. The molecule has 0 aliphatic rings. The third kappa shape index (κ3) is 6.05. The number of benzene rings is 1. The summed E-state index contributed by atoms with van der Waals surface area (Å²) in [6.07, 6.45) is 8.38. The van der Waals surface area contributed by atoms with Gasteiger partial charge in [-0.3, -0.25) is 0 Å². The molecule has 0 aliphatic heterocycles. The van der Waals surface area contributed by atoms with Gasteiger partial charge in [0, 0.05) is 13.7 Å². The van der Waals surface area contributed by atoms with E-state index in [-0.39, 0.29) is 0 Å². The van der Waals surface area contributed by atoms with Crippen LogP contribution in [0.1, 0.15) is 11.1 Å². The summed E-state index contributed by atoms with van der Waals surface area (Å²) in [5, 5.41) is 0. The van der Waals surface area contributed by atoms with E-state index in [1.165, 1.54) is 11.1 Å². The van der Waals surface area contributed by atoms with Crippen LogP contribution < -0.4 is 0 Å². The van der Waals surface area contributed by atoms with Gasteiger partial charge in [-0.25, -0.2) is 0 Å². The summed E-state index contributed by atoms with van der Waals surface area (Å²) >= 11 is 0. The Labute approximate surface area is 104 Å². The van der Waals surface area contributed by atoms with Gasteiger partial charge in [-0.05, 0) is 25.2 Å². The van der Waals surface area contributed by atoms with Gasteiger partial charge in [0.05, 0.1) is 6.61 Å². The molecular weight excluding hydrogens is 210 g/mol. The number of ether oxygens (including phenoxy) is 1.